The van der Waals surface area contributed by atoms with Gasteiger partial charge in [-0.25, -0.2) is 4.57 Å². The molecule has 0 aliphatic heterocycles. The molecule has 0 aromatic heterocycles. The van der Waals surface area contributed by atoms with Crippen LogP contribution in [-0.2, 0) is 32.7 Å². The van der Waals surface area contributed by atoms with Crippen molar-refractivity contribution < 1.29 is 42.1 Å². The van der Waals surface area contributed by atoms with Gasteiger partial charge in [-0.05, 0) is 51.4 Å². The molecule has 0 heterocycles. The van der Waals surface area contributed by atoms with Crippen LogP contribution in [0.2, 0.25) is 0 Å². The lowest BCUT2D eigenvalue weighted by Crippen LogP contribution is -2.37. The number of phosphoric acid groups is 1. The van der Waals surface area contributed by atoms with E-state index < -0.39 is 26.5 Å². The van der Waals surface area contributed by atoms with Gasteiger partial charge in [0.25, 0.3) is 0 Å². The van der Waals surface area contributed by atoms with Crippen molar-refractivity contribution in [1.82, 2.24) is 0 Å². The Morgan fingerprint density at radius 2 is 0.803 bits per heavy atom. The van der Waals surface area contributed by atoms with Crippen LogP contribution >= 0.6 is 7.82 Å². The number of rotatable bonds is 55. The third-order valence-corrected chi connectivity index (χ3v) is 14.1. The van der Waals surface area contributed by atoms with Crippen molar-refractivity contribution in [3.63, 3.8) is 0 Å². The molecule has 9 nitrogen and oxygen atoms in total. The molecule has 2 unspecified atom stereocenters. The maximum atomic E-state index is 12.7. The monoisotopic (exact) mass is 1020 g/mol. The van der Waals surface area contributed by atoms with Crippen molar-refractivity contribution in [3.8, 4) is 0 Å². The second-order valence-electron chi connectivity index (χ2n) is 21.4. The molecular weight excluding hydrogens is 906 g/mol. The molecule has 416 valence electrons. The standard InChI is InChI=1S/C61H114NO8P/c1-6-8-10-12-14-16-17-18-19-20-21-22-23-24-25-26-27-28-29-30-31-32-33-34-35-36-37-38-39-40-41-42-43-44-45-46-48-50-52-54-61(64)70-59(58-69-71(65,66)68-56-55-62(3,4)5)57-67-60(63)53-51-49-47-15-13-11-9-7-2/h8,10,14,16,18-19,21-22,59H,6-7,9,11-13,15,17,20,23-58H2,1-5H3/p+1/b10-8-,16-14-,19-18-,22-21-. The third kappa shape index (κ3) is 57.1. The van der Waals surface area contributed by atoms with Gasteiger partial charge in [0, 0.05) is 12.8 Å². The number of carbonyl (C=O) groups excluding carboxylic acids is 2. The predicted molar refractivity (Wildman–Crippen MR) is 303 cm³/mol. The van der Waals surface area contributed by atoms with Crippen LogP contribution in [0.3, 0.4) is 0 Å². The lowest BCUT2D eigenvalue weighted by Gasteiger charge is -2.24. The summed E-state index contributed by atoms with van der Waals surface area (Å²) in [7, 11) is 1.49. The molecular formula is C61H115NO8P+. The number of hydrogen-bond acceptors (Lipinski definition) is 7. The number of hydrogen-bond donors (Lipinski definition) is 1. The van der Waals surface area contributed by atoms with Crippen LogP contribution < -0.4 is 0 Å². The van der Waals surface area contributed by atoms with E-state index in [4.69, 9.17) is 18.5 Å². The molecule has 0 amide bonds. The van der Waals surface area contributed by atoms with Gasteiger partial charge >= 0.3 is 19.8 Å². The molecule has 0 bridgehead atoms. The Bertz CT molecular complexity index is 1340. The molecule has 2 atom stereocenters. The van der Waals surface area contributed by atoms with E-state index in [0.717, 1.165) is 57.8 Å². The van der Waals surface area contributed by atoms with Gasteiger partial charge in [0.2, 0.25) is 0 Å². The normalized spacial score (nSPS) is 13.6. The van der Waals surface area contributed by atoms with Crippen LogP contribution in [0.4, 0.5) is 0 Å². The number of ether oxygens (including phenoxy) is 2. The van der Waals surface area contributed by atoms with Crippen molar-refractivity contribution in [3.05, 3.63) is 48.6 Å². The molecule has 0 aliphatic carbocycles. The van der Waals surface area contributed by atoms with Crippen molar-refractivity contribution in [1.29, 1.82) is 0 Å². The van der Waals surface area contributed by atoms with Crippen LogP contribution in [0.5, 0.6) is 0 Å². The second-order valence-corrected chi connectivity index (χ2v) is 22.8. The van der Waals surface area contributed by atoms with Crippen molar-refractivity contribution in [2.24, 2.45) is 0 Å². The lowest BCUT2D eigenvalue weighted by molar-refractivity contribution is -0.870. The fourth-order valence-corrected chi connectivity index (χ4v) is 9.28. The van der Waals surface area contributed by atoms with E-state index in [1.54, 1.807) is 0 Å². The van der Waals surface area contributed by atoms with Crippen molar-refractivity contribution in [2.45, 2.75) is 283 Å². The quantitative estimate of drug-likeness (QED) is 0.0211. The minimum absolute atomic E-state index is 0.0345. The predicted octanol–water partition coefficient (Wildman–Crippen LogP) is 18.5. The minimum atomic E-state index is -4.37. The molecule has 0 spiro atoms. The summed E-state index contributed by atoms with van der Waals surface area (Å²) < 4.78 is 34.4. The van der Waals surface area contributed by atoms with Gasteiger partial charge in [0.1, 0.15) is 19.8 Å². The minimum Gasteiger partial charge on any atom is -0.462 e. The van der Waals surface area contributed by atoms with Crippen molar-refractivity contribution >= 4 is 19.8 Å². The second kappa shape index (κ2) is 52.8. The number of unbranched alkanes of at least 4 members (excludes halogenated alkanes) is 33. The molecule has 0 fully saturated rings. The number of likely N-dealkylation sites (N-methyl/N-ethyl adjacent to an activating group) is 1. The first kappa shape index (κ1) is 69.0. The average molecular weight is 1020 g/mol. The molecule has 0 saturated carbocycles. The summed E-state index contributed by atoms with van der Waals surface area (Å²) in [5.74, 6) is -0.790. The van der Waals surface area contributed by atoms with E-state index in [0.29, 0.717) is 23.9 Å². The van der Waals surface area contributed by atoms with Gasteiger partial charge in [-0.1, -0.05) is 262 Å². The first-order valence-electron chi connectivity index (χ1n) is 29.9. The summed E-state index contributed by atoms with van der Waals surface area (Å²) in [6.07, 6.45) is 66.7. The van der Waals surface area contributed by atoms with E-state index in [1.807, 2.05) is 21.1 Å². The lowest BCUT2D eigenvalue weighted by atomic mass is 10.0. The Labute approximate surface area is 439 Å². The number of carbonyl (C=O) groups is 2. The molecule has 71 heavy (non-hydrogen) atoms. The highest BCUT2D eigenvalue weighted by Gasteiger charge is 2.27. The Balaban J connectivity index is 3.79. The molecule has 1 N–H and O–H groups in total. The molecule has 0 rings (SSSR count). The van der Waals surface area contributed by atoms with Crippen LogP contribution in [0.25, 0.3) is 0 Å². The molecule has 0 aromatic rings. The summed E-state index contributed by atoms with van der Waals surface area (Å²) in [5, 5.41) is 0. The summed E-state index contributed by atoms with van der Waals surface area (Å²) in [5.41, 5.74) is 0. The van der Waals surface area contributed by atoms with Gasteiger partial charge in [0.15, 0.2) is 6.10 Å². The molecule has 0 aliphatic rings. The molecule has 0 saturated heterocycles. The topological polar surface area (TPSA) is 108 Å². The fourth-order valence-electron chi connectivity index (χ4n) is 8.54. The number of phosphoric ester groups is 1. The van der Waals surface area contributed by atoms with Gasteiger partial charge < -0.3 is 18.9 Å². The number of nitrogens with zero attached hydrogens (tertiary/aromatic N) is 1. The van der Waals surface area contributed by atoms with Gasteiger partial charge in [-0.2, -0.15) is 0 Å². The van der Waals surface area contributed by atoms with Gasteiger partial charge in [-0.15, -0.1) is 0 Å². The highest BCUT2D eigenvalue weighted by Crippen LogP contribution is 2.43. The largest absolute Gasteiger partial charge is 0.472 e. The van der Waals surface area contributed by atoms with E-state index in [9.17, 15) is 19.0 Å². The van der Waals surface area contributed by atoms with Crippen molar-refractivity contribution in [2.75, 3.05) is 47.5 Å². The Kier molecular flexibility index (Phi) is 51.3. The fraction of sp³-hybridized carbons (Fsp3) is 0.836. The van der Waals surface area contributed by atoms with Crippen LogP contribution in [0, 0.1) is 0 Å². The number of allylic oxidation sites excluding steroid dienone is 8. The molecule has 0 radical (unpaired) electrons. The Morgan fingerprint density at radius 1 is 0.451 bits per heavy atom. The van der Waals surface area contributed by atoms with Crippen LogP contribution in [0.15, 0.2) is 48.6 Å². The van der Waals surface area contributed by atoms with E-state index in [-0.39, 0.29) is 25.6 Å². The van der Waals surface area contributed by atoms with Crippen LogP contribution in [0.1, 0.15) is 277 Å². The van der Waals surface area contributed by atoms with Crippen LogP contribution in [-0.4, -0.2) is 74.9 Å². The highest BCUT2D eigenvalue weighted by molar-refractivity contribution is 7.47. The zero-order valence-corrected chi connectivity index (χ0v) is 48.1. The third-order valence-electron chi connectivity index (χ3n) is 13.1. The smallest absolute Gasteiger partial charge is 0.462 e. The summed E-state index contributed by atoms with van der Waals surface area (Å²) in [6.45, 7) is 4.31. The number of quaternary nitrogens is 1. The zero-order chi connectivity index (χ0) is 52.0. The SMILES string of the molecule is CC/C=C\C/C=C\C/C=C\C/C=C\CCCCCCCCCCCCCCCCCCCCCCCCCCCCC(=O)OC(COC(=O)CCCCCCCCCC)COP(=O)(O)OCC[N+](C)(C)C. The summed E-state index contributed by atoms with van der Waals surface area (Å²) in [4.78, 5) is 35.4. The molecule has 10 heteroatoms. The van der Waals surface area contributed by atoms with E-state index >= 15 is 0 Å². The van der Waals surface area contributed by atoms with Gasteiger partial charge in [-0.3, -0.25) is 18.6 Å². The first-order valence-corrected chi connectivity index (χ1v) is 31.4. The summed E-state index contributed by atoms with van der Waals surface area (Å²) >= 11 is 0. The van der Waals surface area contributed by atoms with E-state index in [2.05, 4.69) is 62.5 Å². The Hall–Kier alpha value is -2.03. The number of esters is 2. The maximum absolute atomic E-state index is 12.7. The van der Waals surface area contributed by atoms with E-state index in [1.165, 1.54) is 186 Å². The van der Waals surface area contributed by atoms with Gasteiger partial charge in [0.05, 0.1) is 27.7 Å². The zero-order valence-electron chi connectivity index (χ0n) is 47.2. The highest BCUT2D eigenvalue weighted by atomic mass is 31.2. The molecule has 0 aromatic carbocycles. The Morgan fingerprint density at radius 3 is 1.20 bits per heavy atom. The maximum Gasteiger partial charge on any atom is 0.472 e. The first-order chi connectivity index (χ1) is 34.5. The average Bonchev–Trinajstić information content (AvgIpc) is 3.33. The summed E-state index contributed by atoms with van der Waals surface area (Å²) in [6, 6.07) is 0.